The van der Waals surface area contributed by atoms with Crippen molar-refractivity contribution in [3.63, 3.8) is 0 Å². The lowest BCUT2D eigenvalue weighted by Gasteiger charge is -2.29. The van der Waals surface area contributed by atoms with Gasteiger partial charge in [0.15, 0.2) is 0 Å². The Hall–Kier alpha value is -1.54. The van der Waals surface area contributed by atoms with Crippen molar-refractivity contribution in [2.45, 2.75) is 193 Å². The van der Waals surface area contributed by atoms with Crippen LogP contribution in [-0.4, -0.2) is 68.5 Å². The number of hydrogen-bond acceptors (Lipinski definition) is 6. The Kier molecular flexibility index (Phi) is 36.0. The minimum atomic E-state index is -4.61. The second kappa shape index (κ2) is 37.1. The van der Waals surface area contributed by atoms with E-state index in [2.05, 4.69) is 49.5 Å². The fourth-order valence-electron chi connectivity index (χ4n) is 5.98. The predicted octanol–water partition coefficient (Wildman–Crippen LogP) is 11.4. The highest BCUT2D eigenvalue weighted by Crippen LogP contribution is 2.38. The lowest BCUT2D eigenvalue weighted by atomic mass is 10.0. The molecule has 0 saturated heterocycles. The number of unbranched alkanes of at least 4 members (excludes halogenated alkanes) is 20. The first-order valence-electron chi connectivity index (χ1n) is 22.0. The van der Waals surface area contributed by atoms with E-state index >= 15 is 0 Å². The lowest BCUT2D eigenvalue weighted by Crippen LogP contribution is -2.45. The van der Waals surface area contributed by atoms with Crippen LogP contribution >= 0.6 is 7.82 Å². The number of amides is 1. The Bertz CT molecular complexity index is 1020. The highest BCUT2D eigenvalue weighted by Gasteiger charge is 2.23. The number of likely N-dealkylation sites (N-methyl/N-ethyl adjacent to an activating group) is 1. The van der Waals surface area contributed by atoms with Gasteiger partial charge >= 0.3 is 0 Å². The monoisotopic (exact) mass is 781 g/mol. The molecular weight excluding hydrogens is 695 g/mol. The Morgan fingerprint density at radius 3 is 1.61 bits per heavy atom. The number of phosphoric ester groups is 1. The molecule has 0 rings (SSSR count). The van der Waals surface area contributed by atoms with E-state index in [0.717, 1.165) is 32.1 Å². The average molecular weight is 781 g/mol. The molecule has 8 nitrogen and oxygen atoms in total. The second-order valence-electron chi connectivity index (χ2n) is 16.0. The molecule has 0 aromatic heterocycles. The van der Waals surface area contributed by atoms with Gasteiger partial charge in [-0.25, -0.2) is 0 Å². The number of aliphatic hydroxyl groups is 1. The molecule has 3 unspecified atom stereocenters. The van der Waals surface area contributed by atoms with Gasteiger partial charge in [-0.3, -0.25) is 9.36 Å². The van der Waals surface area contributed by atoms with Gasteiger partial charge in [0.2, 0.25) is 5.91 Å². The number of nitrogens with zero attached hydrogens (tertiary/aromatic N) is 1. The van der Waals surface area contributed by atoms with E-state index in [9.17, 15) is 19.4 Å². The van der Waals surface area contributed by atoms with E-state index in [0.29, 0.717) is 17.4 Å². The molecule has 0 aromatic rings. The maximum Gasteiger partial charge on any atom is 0.268 e. The molecule has 0 saturated carbocycles. The number of allylic oxidation sites excluding steroid dienone is 7. The Morgan fingerprint density at radius 1 is 0.648 bits per heavy atom. The van der Waals surface area contributed by atoms with Gasteiger partial charge in [-0.2, -0.15) is 0 Å². The van der Waals surface area contributed by atoms with Crippen LogP contribution in [0.15, 0.2) is 48.6 Å². The highest BCUT2D eigenvalue weighted by atomic mass is 31.2. The number of rotatable bonds is 39. The number of carbonyl (C=O) groups excluding carboxylic acids is 1. The molecule has 0 aliphatic rings. The zero-order valence-electron chi connectivity index (χ0n) is 35.7. The number of nitrogens with one attached hydrogen (secondary N) is 1. The first-order valence-corrected chi connectivity index (χ1v) is 23.5. The fraction of sp³-hybridized carbons (Fsp3) is 0.800. The zero-order chi connectivity index (χ0) is 40.0. The number of carbonyl (C=O) groups is 1. The molecule has 54 heavy (non-hydrogen) atoms. The smallest absolute Gasteiger partial charge is 0.268 e. The van der Waals surface area contributed by atoms with Crippen molar-refractivity contribution in [2.24, 2.45) is 0 Å². The quantitative estimate of drug-likeness (QED) is 0.0278. The van der Waals surface area contributed by atoms with Crippen LogP contribution in [0.5, 0.6) is 0 Å². The summed E-state index contributed by atoms with van der Waals surface area (Å²) < 4.78 is 23.1. The van der Waals surface area contributed by atoms with Crippen molar-refractivity contribution in [3.8, 4) is 0 Å². The molecular formula is C45H85N2O6P. The Balaban J connectivity index is 4.54. The largest absolute Gasteiger partial charge is 0.756 e. The van der Waals surface area contributed by atoms with E-state index in [1.807, 2.05) is 33.3 Å². The molecule has 0 spiro atoms. The molecule has 0 fully saturated rings. The van der Waals surface area contributed by atoms with E-state index in [1.165, 1.54) is 122 Å². The summed E-state index contributed by atoms with van der Waals surface area (Å²) in [6.07, 6.45) is 46.1. The molecule has 0 bridgehead atoms. The Morgan fingerprint density at radius 2 is 1.09 bits per heavy atom. The fourth-order valence-corrected chi connectivity index (χ4v) is 6.70. The average Bonchev–Trinajstić information content (AvgIpc) is 3.12. The molecule has 0 aliphatic heterocycles. The zero-order valence-corrected chi connectivity index (χ0v) is 36.6. The van der Waals surface area contributed by atoms with Crippen LogP contribution < -0.4 is 10.2 Å². The van der Waals surface area contributed by atoms with Crippen LogP contribution in [0, 0.1) is 0 Å². The summed E-state index contributed by atoms with van der Waals surface area (Å²) in [5.74, 6) is -0.276. The summed E-state index contributed by atoms with van der Waals surface area (Å²) >= 11 is 0. The topological polar surface area (TPSA) is 108 Å². The second-order valence-corrected chi connectivity index (χ2v) is 17.4. The van der Waals surface area contributed by atoms with Crippen molar-refractivity contribution in [1.82, 2.24) is 5.32 Å². The summed E-state index contributed by atoms with van der Waals surface area (Å²) in [5.41, 5.74) is 0. The molecule has 0 aliphatic carbocycles. The third-order valence-electron chi connectivity index (χ3n) is 9.52. The summed E-state index contributed by atoms with van der Waals surface area (Å²) in [5, 5.41) is 13.7. The SMILES string of the molecule is CCCCCCCC/C=C\C/C=C\CCC(=O)NC(COP(=O)([O-])OCC[N+](C)(C)C)C(O)/C=C/CC/C=C/CCCCCCCCCCCCCCC. The van der Waals surface area contributed by atoms with Crippen LogP contribution in [0.2, 0.25) is 0 Å². The predicted molar refractivity (Wildman–Crippen MR) is 228 cm³/mol. The lowest BCUT2D eigenvalue weighted by molar-refractivity contribution is -0.870. The van der Waals surface area contributed by atoms with Gasteiger partial charge in [-0.05, 0) is 51.4 Å². The summed E-state index contributed by atoms with van der Waals surface area (Å²) in [4.78, 5) is 25.2. The summed E-state index contributed by atoms with van der Waals surface area (Å²) in [6, 6.07) is -0.932. The van der Waals surface area contributed by atoms with Crippen molar-refractivity contribution in [3.05, 3.63) is 48.6 Å². The molecule has 3 atom stereocenters. The van der Waals surface area contributed by atoms with Gasteiger partial charge in [-0.15, -0.1) is 0 Å². The third-order valence-corrected chi connectivity index (χ3v) is 10.5. The third kappa shape index (κ3) is 38.7. The minimum Gasteiger partial charge on any atom is -0.756 e. The summed E-state index contributed by atoms with van der Waals surface area (Å²) in [7, 11) is 1.21. The molecule has 2 N–H and O–H groups in total. The van der Waals surface area contributed by atoms with Crippen LogP contribution in [0.25, 0.3) is 0 Å². The first-order chi connectivity index (χ1) is 26.0. The van der Waals surface area contributed by atoms with Crippen LogP contribution in [0.3, 0.4) is 0 Å². The number of aliphatic hydroxyl groups excluding tert-OH is 1. The maximum atomic E-state index is 12.8. The number of hydrogen-bond donors (Lipinski definition) is 2. The van der Waals surface area contributed by atoms with Crippen molar-refractivity contribution >= 4 is 13.7 Å². The normalized spacial score (nSPS) is 14.9. The molecule has 0 radical (unpaired) electrons. The molecule has 9 heteroatoms. The van der Waals surface area contributed by atoms with Crippen molar-refractivity contribution in [2.75, 3.05) is 40.9 Å². The van der Waals surface area contributed by atoms with Crippen LogP contribution in [0.1, 0.15) is 181 Å². The number of phosphoric acid groups is 1. The number of quaternary nitrogens is 1. The van der Waals surface area contributed by atoms with Gasteiger partial charge in [0.05, 0.1) is 39.9 Å². The van der Waals surface area contributed by atoms with Gasteiger partial charge in [0.25, 0.3) is 7.82 Å². The molecule has 316 valence electrons. The van der Waals surface area contributed by atoms with Crippen LogP contribution in [0.4, 0.5) is 0 Å². The molecule has 1 amide bonds. The van der Waals surface area contributed by atoms with Gasteiger partial charge < -0.3 is 28.8 Å². The van der Waals surface area contributed by atoms with Crippen LogP contribution in [-0.2, 0) is 18.4 Å². The van der Waals surface area contributed by atoms with E-state index in [-0.39, 0.29) is 18.9 Å². The van der Waals surface area contributed by atoms with Gasteiger partial charge in [0, 0.05) is 6.42 Å². The van der Waals surface area contributed by atoms with Crippen molar-refractivity contribution < 1.29 is 32.9 Å². The maximum absolute atomic E-state index is 12.8. The van der Waals surface area contributed by atoms with Gasteiger partial charge in [-0.1, -0.05) is 172 Å². The van der Waals surface area contributed by atoms with E-state index in [1.54, 1.807) is 6.08 Å². The van der Waals surface area contributed by atoms with E-state index in [4.69, 9.17) is 9.05 Å². The first kappa shape index (κ1) is 52.5. The van der Waals surface area contributed by atoms with Gasteiger partial charge in [0.1, 0.15) is 13.2 Å². The standard InChI is InChI=1S/C45H85N2O6P/c1-6-8-10-12-14-16-18-20-21-22-23-24-25-27-28-30-32-34-36-38-44(48)43(42-53-54(50,51)52-41-40-47(3,4)5)46-45(49)39-37-35-33-31-29-26-19-17-15-13-11-9-7-2/h26,28-30,33,35-36,38,43-44,48H,6-25,27,31-32,34,37,39-42H2,1-5H3,(H-,46,49,50,51)/b29-26-,30-28+,35-33-,38-36+. The van der Waals surface area contributed by atoms with Crippen molar-refractivity contribution in [1.29, 1.82) is 0 Å². The minimum absolute atomic E-state index is 0.0167. The highest BCUT2D eigenvalue weighted by molar-refractivity contribution is 7.45. The Labute approximate surface area is 333 Å². The summed E-state index contributed by atoms with van der Waals surface area (Å²) in [6.45, 7) is 4.56. The van der Waals surface area contributed by atoms with E-state index < -0.39 is 26.6 Å². The molecule has 0 heterocycles. The molecule has 0 aromatic carbocycles.